The van der Waals surface area contributed by atoms with Crippen molar-refractivity contribution >= 4 is 17.9 Å². The van der Waals surface area contributed by atoms with Crippen molar-refractivity contribution in [2.24, 2.45) is 0 Å². The van der Waals surface area contributed by atoms with Gasteiger partial charge in [0.15, 0.2) is 6.10 Å². The van der Waals surface area contributed by atoms with E-state index in [1.54, 1.807) is 21.1 Å². The maximum atomic E-state index is 12.7. The van der Waals surface area contributed by atoms with Gasteiger partial charge in [0.25, 0.3) is 0 Å². The zero-order valence-corrected chi connectivity index (χ0v) is 35.1. The summed E-state index contributed by atoms with van der Waals surface area (Å²) in [5, 5.41) is 11.6. The topological polar surface area (TPSA) is 102 Å². The van der Waals surface area contributed by atoms with Crippen molar-refractivity contribution in [3.8, 4) is 0 Å². The SMILES string of the molecule is CC/C=C/C/C=C/C/C=C/C/C=C/CCCCCCCCC(=O)OCC(COCCC(C(=O)[O-])[N+](C)(C)C)OC(=O)CCCCCCC/C=C/CCCC. The molecule has 2 atom stereocenters. The van der Waals surface area contributed by atoms with E-state index in [0.29, 0.717) is 12.8 Å². The molecule has 8 heteroatoms. The van der Waals surface area contributed by atoms with Crippen molar-refractivity contribution in [3.05, 3.63) is 60.8 Å². The molecule has 0 aliphatic heterocycles. The summed E-state index contributed by atoms with van der Waals surface area (Å²) in [5.74, 6) is -1.77. The molecule has 0 aliphatic rings. The van der Waals surface area contributed by atoms with Crippen LogP contribution in [0.2, 0.25) is 0 Å². The van der Waals surface area contributed by atoms with Crippen LogP contribution in [-0.2, 0) is 28.6 Å². The lowest BCUT2D eigenvalue weighted by Crippen LogP contribution is -2.55. The molecular weight excluding hydrogens is 679 g/mol. The van der Waals surface area contributed by atoms with E-state index in [4.69, 9.17) is 14.2 Å². The molecule has 0 saturated heterocycles. The highest BCUT2D eigenvalue weighted by Gasteiger charge is 2.25. The molecule has 0 aliphatic carbocycles. The highest BCUT2D eigenvalue weighted by molar-refractivity contribution is 5.70. The van der Waals surface area contributed by atoms with Gasteiger partial charge in [0, 0.05) is 19.3 Å². The number of carbonyl (C=O) groups is 3. The molecule has 310 valence electrons. The van der Waals surface area contributed by atoms with E-state index < -0.39 is 18.1 Å². The number of hydrogen-bond acceptors (Lipinski definition) is 7. The third-order valence-corrected chi connectivity index (χ3v) is 9.14. The molecule has 0 saturated carbocycles. The number of rotatable bonds is 37. The Morgan fingerprint density at radius 1 is 0.574 bits per heavy atom. The first kappa shape index (κ1) is 51.0. The van der Waals surface area contributed by atoms with Gasteiger partial charge in [-0.15, -0.1) is 0 Å². The maximum Gasteiger partial charge on any atom is 0.306 e. The fourth-order valence-electron chi connectivity index (χ4n) is 5.81. The lowest BCUT2D eigenvalue weighted by Gasteiger charge is -2.34. The molecule has 0 bridgehead atoms. The average Bonchev–Trinajstić information content (AvgIpc) is 3.12. The van der Waals surface area contributed by atoms with E-state index in [1.165, 1.54) is 25.7 Å². The van der Waals surface area contributed by atoms with Gasteiger partial charge in [-0.2, -0.15) is 0 Å². The summed E-state index contributed by atoms with van der Waals surface area (Å²) in [5.41, 5.74) is 0. The minimum absolute atomic E-state index is 0.0304. The van der Waals surface area contributed by atoms with Gasteiger partial charge in [-0.1, -0.05) is 132 Å². The van der Waals surface area contributed by atoms with Crippen LogP contribution in [0.5, 0.6) is 0 Å². The number of ether oxygens (including phenoxy) is 3. The number of carboxylic acid groups (broad SMARTS) is 1. The number of unbranched alkanes of at least 4 members (excludes halogenated alkanes) is 13. The number of esters is 2. The fourth-order valence-corrected chi connectivity index (χ4v) is 5.81. The van der Waals surface area contributed by atoms with Gasteiger partial charge in [-0.05, 0) is 70.6 Å². The van der Waals surface area contributed by atoms with Crippen LogP contribution in [0.3, 0.4) is 0 Å². The van der Waals surface area contributed by atoms with Gasteiger partial charge >= 0.3 is 11.9 Å². The van der Waals surface area contributed by atoms with E-state index in [1.807, 2.05) is 0 Å². The lowest BCUT2D eigenvalue weighted by molar-refractivity contribution is -0.889. The van der Waals surface area contributed by atoms with Gasteiger partial charge in [-0.25, -0.2) is 0 Å². The second-order valence-electron chi connectivity index (χ2n) is 15.2. The molecule has 0 aromatic carbocycles. The Morgan fingerprint density at radius 2 is 1.04 bits per heavy atom. The number of carboxylic acids is 1. The molecule has 2 unspecified atom stereocenters. The van der Waals surface area contributed by atoms with Gasteiger partial charge in [0.05, 0.1) is 40.3 Å². The van der Waals surface area contributed by atoms with Crippen LogP contribution in [0, 0.1) is 0 Å². The van der Waals surface area contributed by atoms with Crippen LogP contribution in [-0.4, -0.2) is 75.5 Å². The van der Waals surface area contributed by atoms with Crippen LogP contribution in [0.15, 0.2) is 60.8 Å². The predicted octanol–water partition coefficient (Wildman–Crippen LogP) is 10.1. The molecule has 0 fully saturated rings. The smallest absolute Gasteiger partial charge is 0.306 e. The van der Waals surface area contributed by atoms with Crippen LogP contribution in [0.25, 0.3) is 0 Å². The average molecular weight is 758 g/mol. The fraction of sp³-hybridized carbons (Fsp3) is 0.717. The van der Waals surface area contributed by atoms with Crippen molar-refractivity contribution in [1.82, 2.24) is 0 Å². The van der Waals surface area contributed by atoms with Gasteiger partial charge in [0.2, 0.25) is 0 Å². The summed E-state index contributed by atoms with van der Waals surface area (Å²) in [4.78, 5) is 36.8. The third-order valence-electron chi connectivity index (χ3n) is 9.14. The molecule has 0 aromatic heterocycles. The third kappa shape index (κ3) is 34.8. The highest BCUT2D eigenvalue weighted by Crippen LogP contribution is 2.13. The Balaban J connectivity index is 4.35. The molecule has 0 amide bonds. The zero-order chi connectivity index (χ0) is 40.0. The van der Waals surface area contributed by atoms with E-state index in [0.717, 1.165) is 103 Å². The van der Waals surface area contributed by atoms with Crippen molar-refractivity contribution in [3.63, 3.8) is 0 Å². The maximum absolute atomic E-state index is 12.7. The van der Waals surface area contributed by atoms with Crippen LogP contribution in [0.4, 0.5) is 0 Å². The lowest BCUT2D eigenvalue weighted by atomic mass is 10.1. The van der Waals surface area contributed by atoms with Gasteiger partial charge in [0.1, 0.15) is 12.6 Å². The van der Waals surface area contributed by atoms with E-state index in [-0.39, 0.29) is 42.7 Å². The first-order chi connectivity index (χ1) is 26.1. The Labute approximate surface area is 330 Å². The number of quaternary nitrogens is 1. The number of carbonyl (C=O) groups excluding carboxylic acids is 3. The number of hydrogen-bond donors (Lipinski definition) is 0. The molecule has 0 rings (SSSR count). The molecule has 0 N–H and O–H groups in total. The van der Waals surface area contributed by atoms with Crippen molar-refractivity contribution in [1.29, 1.82) is 0 Å². The number of allylic oxidation sites excluding steroid dienone is 10. The van der Waals surface area contributed by atoms with E-state index in [2.05, 4.69) is 74.6 Å². The Kier molecular flexibility index (Phi) is 34.9. The molecular formula is C46H79NO7. The summed E-state index contributed by atoms with van der Waals surface area (Å²) < 4.78 is 17.1. The standard InChI is InChI=1S/C46H79NO7/c1-6-8-10-12-14-16-18-19-20-21-22-23-24-25-27-28-30-32-34-36-44(48)53-41-42(40-52-39-38-43(46(50)51)47(3,4)5)54-45(49)37-35-33-31-29-26-17-15-13-11-9-7-2/h8,10,13-16,19-20,22-23,42-43H,6-7,9,11-12,17-18,21,24-41H2,1-5H3/b10-8+,15-13+,16-14+,20-19+,23-22+. The molecule has 0 radical (unpaired) electrons. The first-order valence-corrected chi connectivity index (χ1v) is 21.3. The highest BCUT2D eigenvalue weighted by atomic mass is 16.6. The van der Waals surface area contributed by atoms with E-state index >= 15 is 0 Å². The Morgan fingerprint density at radius 3 is 1.56 bits per heavy atom. The molecule has 0 heterocycles. The minimum atomic E-state index is -1.13. The molecule has 8 nitrogen and oxygen atoms in total. The first-order valence-electron chi connectivity index (χ1n) is 21.3. The summed E-state index contributed by atoms with van der Waals surface area (Å²) in [6.07, 6.45) is 43.8. The minimum Gasteiger partial charge on any atom is -0.544 e. The Bertz CT molecular complexity index is 1070. The van der Waals surface area contributed by atoms with E-state index in [9.17, 15) is 19.5 Å². The second kappa shape index (κ2) is 37.0. The summed E-state index contributed by atoms with van der Waals surface area (Å²) >= 11 is 0. The quantitative estimate of drug-likeness (QED) is 0.0269. The second-order valence-corrected chi connectivity index (χ2v) is 15.2. The van der Waals surface area contributed by atoms with Gasteiger partial charge < -0.3 is 28.6 Å². The van der Waals surface area contributed by atoms with Crippen molar-refractivity contribution in [2.75, 3.05) is 41.0 Å². The summed E-state index contributed by atoms with van der Waals surface area (Å²) in [6, 6.07) is -0.730. The molecule has 0 spiro atoms. The normalized spacial score (nSPS) is 13.6. The van der Waals surface area contributed by atoms with Crippen molar-refractivity contribution in [2.45, 2.75) is 174 Å². The van der Waals surface area contributed by atoms with Crippen LogP contribution < -0.4 is 5.11 Å². The molecule has 0 aromatic rings. The largest absolute Gasteiger partial charge is 0.544 e. The number of nitrogens with zero attached hydrogens (tertiary/aromatic N) is 1. The predicted molar refractivity (Wildman–Crippen MR) is 222 cm³/mol. The van der Waals surface area contributed by atoms with Crippen LogP contribution >= 0.6 is 0 Å². The summed E-state index contributed by atoms with van der Waals surface area (Å²) in [7, 11) is 5.39. The monoisotopic (exact) mass is 758 g/mol. The van der Waals surface area contributed by atoms with Gasteiger partial charge in [-0.3, -0.25) is 9.59 Å². The van der Waals surface area contributed by atoms with Crippen LogP contribution in [0.1, 0.15) is 162 Å². The van der Waals surface area contributed by atoms with Crippen molar-refractivity contribution < 1.29 is 38.2 Å². The number of aliphatic carboxylic acids is 1. The summed E-state index contributed by atoms with van der Waals surface area (Å²) in [6.45, 7) is 4.47. The number of likely N-dealkylation sites (N-methyl/N-ethyl adjacent to an activating group) is 1. The Hall–Kier alpha value is -2.97. The zero-order valence-electron chi connectivity index (χ0n) is 35.1. The molecule has 54 heavy (non-hydrogen) atoms.